The van der Waals surface area contributed by atoms with E-state index in [0.717, 1.165) is 57.5 Å². The van der Waals surface area contributed by atoms with Crippen LogP contribution in [0, 0.1) is 5.92 Å². The fraction of sp³-hybridized carbons (Fsp3) is 0.577. The molecule has 174 valence electrons. The normalized spacial score (nSPS) is 25.8. The number of rotatable bonds is 8. The van der Waals surface area contributed by atoms with Crippen LogP contribution in [0.25, 0.3) is 0 Å². The van der Waals surface area contributed by atoms with Gasteiger partial charge in [0.15, 0.2) is 0 Å². The predicted octanol–water partition coefficient (Wildman–Crippen LogP) is 4.11. The number of anilines is 1. The van der Waals surface area contributed by atoms with Crippen molar-refractivity contribution in [3.05, 3.63) is 54.0 Å². The molecule has 1 aromatic carbocycles. The van der Waals surface area contributed by atoms with E-state index in [1.807, 2.05) is 12.1 Å². The Labute approximate surface area is 191 Å². The van der Waals surface area contributed by atoms with Crippen molar-refractivity contribution < 1.29 is 14.3 Å². The number of amides is 1. The molecule has 0 bridgehead atoms. The monoisotopic (exact) mass is 439 g/mol. The number of nitrogens with zero attached hydrogens (tertiary/aromatic N) is 2. The number of benzene rings is 1. The molecule has 1 aliphatic heterocycles. The van der Waals surface area contributed by atoms with Gasteiger partial charge < -0.3 is 19.7 Å². The number of likely N-dealkylation sites (tertiary alicyclic amines) is 1. The van der Waals surface area contributed by atoms with Crippen LogP contribution in [0.5, 0.6) is 0 Å². The third-order valence-electron chi connectivity index (χ3n) is 7.42. The first kappa shape index (κ1) is 22.9. The van der Waals surface area contributed by atoms with Gasteiger partial charge in [0.1, 0.15) is 5.76 Å². The number of nitrogens with one attached hydrogen (secondary N) is 1. The maximum Gasteiger partial charge on any atom is 0.234 e. The Hall–Kier alpha value is -2.31. The molecule has 2 aromatic rings. The molecule has 1 aromatic heterocycles. The number of piperidine rings is 1. The van der Waals surface area contributed by atoms with Crippen LogP contribution in [0.4, 0.5) is 5.69 Å². The Bertz CT molecular complexity index is 863. The van der Waals surface area contributed by atoms with Gasteiger partial charge in [-0.05, 0) is 62.9 Å². The van der Waals surface area contributed by atoms with Gasteiger partial charge in [-0.1, -0.05) is 25.0 Å². The van der Waals surface area contributed by atoms with Crippen LogP contribution < -0.4 is 10.2 Å². The van der Waals surface area contributed by atoms with Crippen molar-refractivity contribution in [2.75, 3.05) is 31.1 Å². The van der Waals surface area contributed by atoms with E-state index in [-0.39, 0.29) is 17.9 Å². The lowest BCUT2D eigenvalue weighted by Gasteiger charge is -2.52. The lowest BCUT2D eigenvalue weighted by molar-refractivity contribution is -0.138. The van der Waals surface area contributed by atoms with Crippen molar-refractivity contribution >= 4 is 11.6 Å². The second-order valence-corrected chi connectivity index (χ2v) is 9.24. The first-order chi connectivity index (χ1) is 15.5. The summed E-state index contributed by atoms with van der Waals surface area (Å²) in [6, 6.07) is 12.5. The summed E-state index contributed by atoms with van der Waals surface area (Å²) in [7, 11) is 0. The molecule has 2 fully saturated rings. The lowest BCUT2D eigenvalue weighted by atomic mass is 9.66. The molecule has 2 heterocycles. The standard InChI is InChI=1S/C26H37N3O3/c1-3-28(4-2)21-12-10-20(11-13-21)25-23-9-5-6-14-26(23,31)15-16-29(25)19-24(30)27-18-22-8-7-17-32-22/h7-8,10-13,17,23,25,31H,3-6,9,14-16,18-19H2,1-2H3,(H,27,30)/t23-,25+,26-/m1/s1. The Morgan fingerprint density at radius 3 is 2.66 bits per heavy atom. The minimum Gasteiger partial charge on any atom is -0.467 e. The Morgan fingerprint density at radius 1 is 1.19 bits per heavy atom. The first-order valence-electron chi connectivity index (χ1n) is 12.1. The van der Waals surface area contributed by atoms with Crippen LogP contribution >= 0.6 is 0 Å². The molecule has 2 aliphatic rings. The van der Waals surface area contributed by atoms with E-state index >= 15 is 0 Å². The molecule has 2 N–H and O–H groups in total. The van der Waals surface area contributed by atoms with E-state index in [9.17, 15) is 9.90 Å². The SMILES string of the molecule is CCN(CC)c1ccc([C@H]2[C@H]3CCCC[C@@]3(O)CCN2CC(=O)NCc2ccco2)cc1. The highest BCUT2D eigenvalue weighted by molar-refractivity contribution is 5.78. The number of hydrogen-bond donors (Lipinski definition) is 2. The summed E-state index contributed by atoms with van der Waals surface area (Å²) in [5.41, 5.74) is 1.79. The second-order valence-electron chi connectivity index (χ2n) is 9.24. The summed E-state index contributed by atoms with van der Waals surface area (Å²) < 4.78 is 5.33. The number of aliphatic hydroxyl groups is 1. The molecule has 0 radical (unpaired) electrons. The van der Waals surface area contributed by atoms with Gasteiger partial charge >= 0.3 is 0 Å². The van der Waals surface area contributed by atoms with E-state index in [4.69, 9.17) is 4.42 Å². The Kier molecular flexibility index (Phi) is 7.21. The van der Waals surface area contributed by atoms with Gasteiger partial charge in [-0.25, -0.2) is 0 Å². The largest absolute Gasteiger partial charge is 0.467 e. The van der Waals surface area contributed by atoms with Gasteiger partial charge in [0.25, 0.3) is 0 Å². The predicted molar refractivity (Wildman–Crippen MR) is 126 cm³/mol. The Morgan fingerprint density at radius 2 is 1.97 bits per heavy atom. The van der Waals surface area contributed by atoms with Crippen LogP contribution in [0.2, 0.25) is 0 Å². The maximum atomic E-state index is 12.8. The molecular formula is C26H37N3O3. The van der Waals surface area contributed by atoms with E-state index in [0.29, 0.717) is 13.1 Å². The molecule has 6 nitrogen and oxygen atoms in total. The van der Waals surface area contributed by atoms with Crippen LogP contribution in [0.1, 0.15) is 63.3 Å². The zero-order valence-corrected chi connectivity index (χ0v) is 19.4. The molecule has 1 amide bonds. The molecule has 1 saturated carbocycles. The molecular weight excluding hydrogens is 402 g/mol. The van der Waals surface area contributed by atoms with Gasteiger partial charge in [-0.15, -0.1) is 0 Å². The van der Waals surface area contributed by atoms with Gasteiger partial charge in [-0.3, -0.25) is 9.69 Å². The number of fused-ring (bicyclic) bond motifs is 1. The van der Waals surface area contributed by atoms with Crippen molar-refractivity contribution in [1.82, 2.24) is 10.2 Å². The highest BCUT2D eigenvalue weighted by atomic mass is 16.3. The number of carbonyl (C=O) groups is 1. The fourth-order valence-electron chi connectivity index (χ4n) is 5.67. The highest BCUT2D eigenvalue weighted by Crippen LogP contribution is 2.49. The summed E-state index contributed by atoms with van der Waals surface area (Å²) in [5.74, 6) is 0.900. The smallest absolute Gasteiger partial charge is 0.234 e. The molecule has 3 atom stereocenters. The number of hydrogen-bond acceptors (Lipinski definition) is 5. The minimum absolute atomic E-state index is 0.00703. The second kappa shape index (κ2) is 10.1. The van der Waals surface area contributed by atoms with Gasteiger partial charge in [0.2, 0.25) is 5.91 Å². The quantitative estimate of drug-likeness (QED) is 0.648. The van der Waals surface area contributed by atoms with Crippen molar-refractivity contribution in [2.24, 2.45) is 5.92 Å². The van der Waals surface area contributed by atoms with Crippen molar-refractivity contribution in [2.45, 2.75) is 64.1 Å². The minimum atomic E-state index is -0.623. The average Bonchev–Trinajstić information content (AvgIpc) is 3.33. The van der Waals surface area contributed by atoms with Gasteiger partial charge in [0.05, 0.1) is 25.0 Å². The zero-order valence-electron chi connectivity index (χ0n) is 19.4. The van der Waals surface area contributed by atoms with E-state index < -0.39 is 5.60 Å². The average molecular weight is 440 g/mol. The van der Waals surface area contributed by atoms with Crippen molar-refractivity contribution in [3.63, 3.8) is 0 Å². The molecule has 1 saturated heterocycles. The topological polar surface area (TPSA) is 69.0 Å². The third kappa shape index (κ3) is 4.86. The van der Waals surface area contributed by atoms with Gasteiger partial charge in [-0.2, -0.15) is 0 Å². The zero-order chi connectivity index (χ0) is 22.6. The molecule has 0 spiro atoms. The fourth-order valence-corrected chi connectivity index (χ4v) is 5.67. The summed E-state index contributed by atoms with van der Waals surface area (Å²) in [4.78, 5) is 17.4. The van der Waals surface area contributed by atoms with Gasteiger partial charge in [0, 0.05) is 37.3 Å². The molecule has 1 aliphatic carbocycles. The van der Waals surface area contributed by atoms with E-state index in [2.05, 4.69) is 53.2 Å². The highest BCUT2D eigenvalue weighted by Gasteiger charge is 2.49. The number of furan rings is 1. The molecule has 6 heteroatoms. The summed E-state index contributed by atoms with van der Waals surface area (Å²) >= 11 is 0. The van der Waals surface area contributed by atoms with Crippen LogP contribution in [0.15, 0.2) is 47.1 Å². The molecule has 32 heavy (non-hydrogen) atoms. The van der Waals surface area contributed by atoms with E-state index in [1.165, 1.54) is 11.3 Å². The maximum absolute atomic E-state index is 12.8. The van der Waals surface area contributed by atoms with Crippen LogP contribution in [0.3, 0.4) is 0 Å². The third-order valence-corrected chi connectivity index (χ3v) is 7.42. The molecule has 4 rings (SSSR count). The molecule has 0 unspecified atom stereocenters. The van der Waals surface area contributed by atoms with Crippen LogP contribution in [-0.4, -0.2) is 47.7 Å². The summed E-state index contributed by atoms with van der Waals surface area (Å²) in [5, 5.41) is 14.5. The lowest BCUT2D eigenvalue weighted by Crippen LogP contribution is -2.56. The first-order valence-corrected chi connectivity index (χ1v) is 12.1. The van der Waals surface area contributed by atoms with Crippen molar-refractivity contribution in [1.29, 1.82) is 0 Å². The summed E-state index contributed by atoms with van der Waals surface area (Å²) in [6.07, 6.45) is 6.45. The van der Waals surface area contributed by atoms with E-state index in [1.54, 1.807) is 6.26 Å². The van der Waals surface area contributed by atoms with Crippen LogP contribution in [-0.2, 0) is 11.3 Å². The number of carbonyl (C=O) groups excluding carboxylic acids is 1. The Balaban J connectivity index is 1.54. The summed E-state index contributed by atoms with van der Waals surface area (Å²) in [6.45, 7) is 7.75. The van der Waals surface area contributed by atoms with Crippen molar-refractivity contribution in [3.8, 4) is 0 Å².